The number of ether oxygens (including phenoxy) is 2. The molecule has 6 nitrogen and oxygen atoms in total. The smallest absolute Gasteiger partial charge is 0.233 e. The number of thioether (sulfide) groups is 1. The second-order valence-electron chi connectivity index (χ2n) is 5.87. The quantitative estimate of drug-likeness (QED) is 0.826. The van der Waals surface area contributed by atoms with E-state index in [-0.39, 0.29) is 35.5 Å². The van der Waals surface area contributed by atoms with Crippen molar-refractivity contribution in [2.75, 3.05) is 18.3 Å². The van der Waals surface area contributed by atoms with Gasteiger partial charge in [-0.25, -0.2) is 8.42 Å². The Bertz CT molecular complexity index is 752. The normalized spacial score (nSPS) is 22.3. The van der Waals surface area contributed by atoms with Crippen molar-refractivity contribution >= 4 is 39.1 Å². The van der Waals surface area contributed by atoms with Crippen molar-refractivity contribution in [3.05, 3.63) is 22.7 Å². The molecule has 0 saturated carbocycles. The molecule has 1 aromatic rings. The van der Waals surface area contributed by atoms with Gasteiger partial charge < -0.3 is 14.8 Å². The molecular weight excluding hydrogens is 374 g/mol. The highest BCUT2D eigenvalue weighted by molar-refractivity contribution is 7.99. The van der Waals surface area contributed by atoms with Crippen LogP contribution < -0.4 is 14.8 Å². The summed E-state index contributed by atoms with van der Waals surface area (Å²) >= 11 is 7.60. The minimum Gasteiger partial charge on any atom is -0.454 e. The number of halogens is 1. The third-order valence-corrected chi connectivity index (χ3v) is 7.20. The zero-order chi connectivity index (χ0) is 17.3. The topological polar surface area (TPSA) is 81.7 Å². The van der Waals surface area contributed by atoms with Crippen molar-refractivity contribution in [2.24, 2.45) is 0 Å². The maximum atomic E-state index is 12.2. The predicted molar refractivity (Wildman–Crippen MR) is 93.5 cm³/mol. The number of benzene rings is 1. The molecule has 0 spiro atoms. The Kier molecular flexibility index (Phi) is 5.17. The van der Waals surface area contributed by atoms with Crippen molar-refractivity contribution in [1.82, 2.24) is 5.32 Å². The van der Waals surface area contributed by atoms with Gasteiger partial charge >= 0.3 is 0 Å². The van der Waals surface area contributed by atoms with Gasteiger partial charge in [0, 0.05) is 11.8 Å². The molecule has 2 aliphatic heterocycles. The van der Waals surface area contributed by atoms with E-state index in [1.54, 1.807) is 13.0 Å². The van der Waals surface area contributed by atoms with Gasteiger partial charge in [0.2, 0.25) is 12.7 Å². The van der Waals surface area contributed by atoms with E-state index in [0.29, 0.717) is 28.7 Å². The lowest BCUT2D eigenvalue weighted by Crippen LogP contribution is -2.40. The van der Waals surface area contributed by atoms with Crippen molar-refractivity contribution < 1.29 is 22.7 Å². The van der Waals surface area contributed by atoms with Crippen LogP contribution in [0.4, 0.5) is 0 Å². The molecular formula is C15H18ClNO5S2. The number of carbonyl (C=O) groups excluding carboxylic acids is 1. The summed E-state index contributed by atoms with van der Waals surface area (Å²) in [5, 5.41) is 3.01. The minimum absolute atomic E-state index is 0.0356. The van der Waals surface area contributed by atoms with Gasteiger partial charge in [0.05, 0.1) is 21.8 Å². The Morgan fingerprint density at radius 1 is 1.46 bits per heavy atom. The summed E-state index contributed by atoms with van der Waals surface area (Å²) < 4.78 is 33.5. The Balaban J connectivity index is 1.53. The fourth-order valence-corrected chi connectivity index (χ4v) is 5.42. The van der Waals surface area contributed by atoms with Gasteiger partial charge in [-0.2, -0.15) is 0 Å². The van der Waals surface area contributed by atoms with Crippen molar-refractivity contribution in [1.29, 1.82) is 0 Å². The van der Waals surface area contributed by atoms with Crippen LogP contribution in [-0.4, -0.2) is 43.9 Å². The molecule has 0 radical (unpaired) electrons. The average Bonchev–Trinajstić information content (AvgIpc) is 3.11. The zero-order valence-electron chi connectivity index (χ0n) is 13.1. The second kappa shape index (κ2) is 7.01. The molecule has 24 heavy (non-hydrogen) atoms. The first kappa shape index (κ1) is 17.7. The molecule has 1 N–H and O–H groups in total. The summed E-state index contributed by atoms with van der Waals surface area (Å²) in [5.74, 6) is 1.80. The maximum absolute atomic E-state index is 12.2. The van der Waals surface area contributed by atoms with Crippen molar-refractivity contribution in [3.8, 4) is 11.5 Å². The third-order valence-electron chi connectivity index (χ3n) is 3.94. The molecule has 1 amide bonds. The molecule has 2 aliphatic rings. The predicted octanol–water partition coefficient (Wildman–Crippen LogP) is 1.99. The summed E-state index contributed by atoms with van der Waals surface area (Å²) in [7, 11) is -2.99. The van der Waals surface area contributed by atoms with E-state index in [1.165, 1.54) is 11.8 Å². The monoisotopic (exact) mass is 391 g/mol. The molecule has 0 bridgehead atoms. The van der Waals surface area contributed by atoms with E-state index in [0.717, 1.165) is 5.56 Å². The number of rotatable bonds is 5. The summed E-state index contributed by atoms with van der Waals surface area (Å²) in [5.41, 5.74) is 0.942. The molecule has 3 rings (SSSR count). The van der Waals surface area contributed by atoms with Crippen LogP contribution in [0.25, 0.3) is 0 Å². The highest BCUT2D eigenvalue weighted by Gasteiger charge is 2.30. The van der Waals surface area contributed by atoms with Crippen LogP contribution in [0.3, 0.4) is 0 Å². The van der Waals surface area contributed by atoms with Gasteiger partial charge in [-0.1, -0.05) is 11.6 Å². The number of fused-ring (bicyclic) bond motifs is 1. The van der Waals surface area contributed by atoms with E-state index in [2.05, 4.69) is 5.32 Å². The highest BCUT2D eigenvalue weighted by Crippen LogP contribution is 2.40. The molecule has 2 heterocycles. The van der Waals surface area contributed by atoms with E-state index < -0.39 is 9.84 Å². The first-order valence-electron chi connectivity index (χ1n) is 7.54. The molecule has 132 valence electrons. The SMILES string of the molecule is C[C@H](SCc1cc(Cl)c2c(c1)OCO2)C(=O)N[C@H]1CCS(=O)(=O)C1. The van der Waals surface area contributed by atoms with Crippen molar-refractivity contribution in [2.45, 2.75) is 30.4 Å². The average molecular weight is 392 g/mol. The molecule has 1 fully saturated rings. The van der Waals surface area contributed by atoms with Gasteiger partial charge in [0.25, 0.3) is 0 Å². The van der Waals surface area contributed by atoms with Gasteiger partial charge in [-0.05, 0) is 31.0 Å². The summed E-state index contributed by atoms with van der Waals surface area (Å²) in [6.45, 7) is 1.97. The van der Waals surface area contributed by atoms with E-state index in [9.17, 15) is 13.2 Å². The molecule has 1 aromatic carbocycles. The summed E-state index contributed by atoms with van der Waals surface area (Å²) in [6.07, 6.45) is 0.489. The molecule has 2 atom stereocenters. The van der Waals surface area contributed by atoms with Crippen LogP contribution in [0.2, 0.25) is 5.02 Å². The van der Waals surface area contributed by atoms with Crippen LogP contribution in [0.15, 0.2) is 12.1 Å². The van der Waals surface area contributed by atoms with Crippen LogP contribution >= 0.6 is 23.4 Å². The molecule has 9 heteroatoms. The maximum Gasteiger partial charge on any atom is 0.233 e. The first-order valence-corrected chi connectivity index (χ1v) is 10.8. The molecule has 0 aromatic heterocycles. The summed E-state index contributed by atoms with van der Waals surface area (Å²) in [6, 6.07) is 3.39. The van der Waals surface area contributed by atoms with Gasteiger partial charge in [0.15, 0.2) is 21.3 Å². The Hall–Kier alpha value is -1.12. The summed E-state index contributed by atoms with van der Waals surface area (Å²) in [4.78, 5) is 12.2. The number of nitrogens with one attached hydrogen (secondary N) is 1. The lowest BCUT2D eigenvalue weighted by Gasteiger charge is -2.16. The Morgan fingerprint density at radius 2 is 2.25 bits per heavy atom. The number of hydrogen-bond acceptors (Lipinski definition) is 6. The fourth-order valence-electron chi connectivity index (χ4n) is 2.63. The van der Waals surface area contributed by atoms with E-state index >= 15 is 0 Å². The molecule has 1 saturated heterocycles. The fraction of sp³-hybridized carbons (Fsp3) is 0.533. The second-order valence-corrected chi connectivity index (χ2v) is 9.84. The standard InChI is InChI=1S/C15H18ClNO5S2/c1-9(15(18)17-11-2-3-24(19,20)7-11)23-6-10-4-12(16)14-13(5-10)21-8-22-14/h4-5,9,11H,2-3,6-8H2,1H3,(H,17,18)/t9-,11-/m0/s1. The lowest BCUT2D eigenvalue weighted by atomic mass is 10.2. The van der Waals surface area contributed by atoms with Crippen LogP contribution in [-0.2, 0) is 20.4 Å². The van der Waals surface area contributed by atoms with E-state index in [4.69, 9.17) is 21.1 Å². The van der Waals surface area contributed by atoms with Crippen LogP contribution in [0.1, 0.15) is 18.9 Å². The highest BCUT2D eigenvalue weighted by atomic mass is 35.5. The van der Waals surface area contributed by atoms with Crippen molar-refractivity contribution in [3.63, 3.8) is 0 Å². The van der Waals surface area contributed by atoms with Gasteiger partial charge in [-0.15, -0.1) is 11.8 Å². The van der Waals surface area contributed by atoms with Crippen LogP contribution in [0.5, 0.6) is 11.5 Å². The van der Waals surface area contributed by atoms with Gasteiger partial charge in [0.1, 0.15) is 0 Å². The third kappa shape index (κ3) is 4.10. The Labute approximate surface area is 150 Å². The number of hydrogen-bond donors (Lipinski definition) is 1. The number of amides is 1. The largest absolute Gasteiger partial charge is 0.454 e. The minimum atomic E-state index is -2.99. The van der Waals surface area contributed by atoms with Crippen LogP contribution in [0, 0.1) is 0 Å². The Morgan fingerprint density at radius 3 is 2.96 bits per heavy atom. The lowest BCUT2D eigenvalue weighted by molar-refractivity contribution is -0.120. The zero-order valence-corrected chi connectivity index (χ0v) is 15.5. The number of carbonyl (C=O) groups is 1. The molecule has 0 unspecified atom stereocenters. The first-order chi connectivity index (χ1) is 11.3. The van der Waals surface area contributed by atoms with E-state index in [1.807, 2.05) is 6.07 Å². The number of sulfone groups is 1. The molecule has 0 aliphatic carbocycles. The van der Waals surface area contributed by atoms with Gasteiger partial charge in [-0.3, -0.25) is 4.79 Å².